The Hall–Kier alpha value is -1.75. The maximum absolute atomic E-state index is 11.4. The zero-order valence-corrected chi connectivity index (χ0v) is 9.15. The van der Waals surface area contributed by atoms with Crippen molar-refractivity contribution in [3.8, 4) is 0 Å². The summed E-state index contributed by atoms with van der Waals surface area (Å²) in [5.74, 6) is -0.856. The molecule has 0 atom stereocenters. The molecule has 84 valence electrons. The molecule has 0 aliphatic rings. The first kappa shape index (κ1) is 12.3. The second-order valence-electron chi connectivity index (χ2n) is 3.16. The normalized spacial score (nSPS) is 9.88. The molecule has 1 rings (SSSR count). The minimum atomic E-state index is -0.695. The fourth-order valence-corrected chi connectivity index (χ4v) is 1.57. The van der Waals surface area contributed by atoms with Gasteiger partial charge in [-0.15, -0.1) is 11.6 Å². The van der Waals surface area contributed by atoms with Crippen molar-refractivity contribution >= 4 is 29.4 Å². The Morgan fingerprint density at radius 3 is 2.62 bits per heavy atom. The molecule has 0 aliphatic heterocycles. The fourth-order valence-electron chi connectivity index (χ4n) is 1.44. The molecule has 0 N–H and O–H groups in total. The largest absolute Gasteiger partial charge is 0.298 e. The van der Waals surface area contributed by atoms with Crippen molar-refractivity contribution in [3.05, 3.63) is 38.9 Å². The van der Waals surface area contributed by atoms with E-state index in [2.05, 4.69) is 0 Å². The minimum absolute atomic E-state index is 0.0365. The SMILES string of the molecule is Cc1cc(C=O)cc([N+](=O)[O-])c1C(=O)CCl. The molecule has 0 saturated carbocycles. The predicted molar refractivity (Wildman–Crippen MR) is 58.3 cm³/mol. The number of hydrogen-bond donors (Lipinski definition) is 0. The van der Waals surface area contributed by atoms with Crippen LogP contribution in [0.1, 0.15) is 26.3 Å². The molecule has 0 saturated heterocycles. The van der Waals surface area contributed by atoms with Gasteiger partial charge in [0.1, 0.15) is 6.29 Å². The number of alkyl halides is 1. The number of carbonyl (C=O) groups is 2. The molecule has 5 nitrogen and oxygen atoms in total. The van der Waals surface area contributed by atoms with Gasteiger partial charge in [-0.05, 0) is 18.6 Å². The van der Waals surface area contributed by atoms with E-state index in [9.17, 15) is 19.7 Å². The van der Waals surface area contributed by atoms with Crippen LogP contribution in [0.15, 0.2) is 12.1 Å². The number of ketones is 1. The Bertz CT molecular complexity index is 470. The fraction of sp³-hybridized carbons (Fsp3) is 0.200. The molecule has 0 heterocycles. The summed E-state index contributed by atoms with van der Waals surface area (Å²) in [6.07, 6.45) is 0.495. The molecule has 0 bridgehead atoms. The van der Waals surface area contributed by atoms with Crippen LogP contribution in [0.3, 0.4) is 0 Å². The number of aldehydes is 1. The van der Waals surface area contributed by atoms with Crippen molar-refractivity contribution in [3.63, 3.8) is 0 Å². The standard InChI is InChI=1S/C10H8ClNO4/c1-6-2-7(5-13)3-8(12(15)16)10(6)9(14)4-11/h2-3,5H,4H2,1H3. The van der Waals surface area contributed by atoms with Crippen LogP contribution >= 0.6 is 11.6 Å². The summed E-state index contributed by atoms with van der Waals surface area (Å²) in [5.41, 5.74) is 0.121. The molecule has 0 aromatic heterocycles. The third-order valence-corrected chi connectivity index (χ3v) is 2.31. The molecule has 0 radical (unpaired) electrons. The first-order valence-electron chi connectivity index (χ1n) is 4.34. The van der Waals surface area contributed by atoms with Gasteiger partial charge in [0.05, 0.1) is 16.4 Å². The number of nitro groups is 1. The molecule has 0 spiro atoms. The summed E-state index contributed by atoms with van der Waals surface area (Å²) in [6, 6.07) is 2.49. The number of benzene rings is 1. The van der Waals surface area contributed by atoms with Crippen LogP contribution in [0.2, 0.25) is 0 Å². The van der Waals surface area contributed by atoms with Crippen molar-refractivity contribution in [2.75, 3.05) is 5.88 Å². The van der Waals surface area contributed by atoms with Crippen molar-refractivity contribution in [2.24, 2.45) is 0 Å². The third kappa shape index (κ3) is 2.25. The Labute approximate surface area is 96.2 Å². The Kier molecular flexibility index (Phi) is 3.73. The van der Waals surface area contributed by atoms with Crippen LogP contribution in [0.4, 0.5) is 5.69 Å². The highest BCUT2D eigenvalue weighted by Gasteiger charge is 2.22. The molecular weight excluding hydrogens is 234 g/mol. The average Bonchev–Trinajstić information content (AvgIpc) is 2.26. The van der Waals surface area contributed by atoms with E-state index in [1.165, 1.54) is 13.0 Å². The van der Waals surface area contributed by atoms with E-state index in [4.69, 9.17) is 11.6 Å². The summed E-state index contributed by atoms with van der Waals surface area (Å²) >= 11 is 5.37. The Morgan fingerprint density at radius 1 is 1.56 bits per heavy atom. The van der Waals surface area contributed by atoms with Crippen LogP contribution in [0.5, 0.6) is 0 Å². The van der Waals surface area contributed by atoms with Crippen molar-refractivity contribution < 1.29 is 14.5 Å². The van der Waals surface area contributed by atoms with Crippen LogP contribution in [0.25, 0.3) is 0 Å². The molecule has 1 aromatic carbocycles. The van der Waals surface area contributed by atoms with Gasteiger partial charge < -0.3 is 0 Å². The van der Waals surface area contributed by atoms with Gasteiger partial charge in [-0.1, -0.05) is 0 Å². The Morgan fingerprint density at radius 2 is 2.19 bits per heavy atom. The molecule has 16 heavy (non-hydrogen) atoms. The quantitative estimate of drug-likeness (QED) is 0.266. The first-order chi connectivity index (χ1) is 7.51. The van der Waals surface area contributed by atoms with Crippen LogP contribution in [-0.2, 0) is 0 Å². The summed E-state index contributed by atoms with van der Waals surface area (Å²) < 4.78 is 0. The number of nitrogens with zero attached hydrogens (tertiary/aromatic N) is 1. The van der Waals surface area contributed by atoms with E-state index in [0.29, 0.717) is 11.8 Å². The first-order valence-corrected chi connectivity index (χ1v) is 4.88. The molecule has 1 aromatic rings. The second-order valence-corrected chi connectivity index (χ2v) is 3.43. The average molecular weight is 242 g/mol. The monoisotopic (exact) mass is 241 g/mol. The summed E-state index contributed by atoms with van der Waals surface area (Å²) in [7, 11) is 0. The van der Waals surface area contributed by atoms with E-state index in [1.807, 2.05) is 0 Å². The minimum Gasteiger partial charge on any atom is -0.298 e. The molecule has 6 heteroatoms. The zero-order valence-electron chi connectivity index (χ0n) is 8.40. The summed E-state index contributed by atoms with van der Waals surface area (Å²) in [6.45, 7) is 1.53. The molecule has 0 unspecified atom stereocenters. The van der Waals surface area contributed by atoms with Crippen LogP contribution < -0.4 is 0 Å². The van der Waals surface area contributed by atoms with E-state index >= 15 is 0 Å². The Balaban J connectivity index is 3.51. The van der Waals surface area contributed by atoms with E-state index in [1.54, 1.807) is 0 Å². The maximum Gasteiger partial charge on any atom is 0.281 e. The lowest BCUT2D eigenvalue weighted by Gasteiger charge is -2.04. The van der Waals surface area contributed by atoms with Gasteiger partial charge in [0.2, 0.25) is 0 Å². The highest BCUT2D eigenvalue weighted by Crippen LogP contribution is 2.24. The lowest BCUT2D eigenvalue weighted by Crippen LogP contribution is -2.08. The van der Waals surface area contributed by atoms with E-state index < -0.39 is 10.7 Å². The van der Waals surface area contributed by atoms with Crippen molar-refractivity contribution in [1.82, 2.24) is 0 Å². The second kappa shape index (κ2) is 4.85. The highest BCUT2D eigenvalue weighted by molar-refractivity contribution is 6.31. The van der Waals surface area contributed by atoms with Gasteiger partial charge in [-0.3, -0.25) is 19.7 Å². The smallest absolute Gasteiger partial charge is 0.281 e. The summed E-state index contributed by atoms with van der Waals surface area (Å²) in [4.78, 5) is 32.0. The van der Waals surface area contributed by atoms with Crippen LogP contribution in [0, 0.1) is 17.0 Å². The summed E-state index contributed by atoms with van der Waals surface area (Å²) in [5, 5.41) is 10.8. The topological polar surface area (TPSA) is 77.3 Å². The van der Waals surface area contributed by atoms with Gasteiger partial charge in [-0.2, -0.15) is 0 Å². The number of halogens is 1. The molecule has 0 aliphatic carbocycles. The third-order valence-electron chi connectivity index (χ3n) is 2.07. The number of Topliss-reactive ketones (excluding diaryl/α,β-unsaturated/α-hetero) is 1. The van der Waals surface area contributed by atoms with Crippen molar-refractivity contribution in [1.29, 1.82) is 0 Å². The number of aryl methyl sites for hydroxylation is 1. The zero-order chi connectivity index (χ0) is 12.3. The number of nitro benzene ring substituents is 1. The molecule has 0 fully saturated rings. The van der Waals surface area contributed by atoms with Gasteiger partial charge >= 0.3 is 0 Å². The number of hydrogen-bond acceptors (Lipinski definition) is 4. The van der Waals surface area contributed by atoms with Gasteiger partial charge in [0.25, 0.3) is 5.69 Å². The van der Waals surface area contributed by atoms with Gasteiger partial charge in [0, 0.05) is 11.6 Å². The molecule has 0 amide bonds. The van der Waals surface area contributed by atoms with Crippen molar-refractivity contribution in [2.45, 2.75) is 6.92 Å². The highest BCUT2D eigenvalue weighted by atomic mass is 35.5. The van der Waals surface area contributed by atoms with E-state index in [0.717, 1.165) is 6.07 Å². The van der Waals surface area contributed by atoms with Gasteiger partial charge in [0.15, 0.2) is 5.78 Å². The van der Waals surface area contributed by atoms with Gasteiger partial charge in [-0.25, -0.2) is 0 Å². The maximum atomic E-state index is 11.4. The number of carbonyl (C=O) groups excluding carboxylic acids is 2. The van der Waals surface area contributed by atoms with Crippen LogP contribution in [-0.4, -0.2) is 22.9 Å². The molecular formula is C10H8ClNO4. The lowest BCUT2D eigenvalue weighted by molar-refractivity contribution is -0.385. The predicted octanol–water partition coefficient (Wildman–Crippen LogP) is 2.14. The lowest BCUT2D eigenvalue weighted by atomic mass is 10.0. The number of rotatable bonds is 4. The van der Waals surface area contributed by atoms with E-state index in [-0.39, 0.29) is 22.7 Å².